The van der Waals surface area contributed by atoms with Crippen molar-refractivity contribution in [2.24, 2.45) is 0 Å². The molecule has 3 aromatic rings. The number of nitriles is 1. The van der Waals surface area contributed by atoms with Gasteiger partial charge in [-0.1, -0.05) is 46.9 Å². The fourth-order valence-electron chi connectivity index (χ4n) is 2.80. The summed E-state index contributed by atoms with van der Waals surface area (Å²) in [5, 5.41) is 13.5. The molecule has 9 heteroatoms. The van der Waals surface area contributed by atoms with Crippen molar-refractivity contribution < 1.29 is 14.3 Å². The summed E-state index contributed by atoms with van der Waals surface area (Å²) < 4.78 is 12.0. The first-order chi connectivity index (χ1) is 15.8. The van der Waals surface area contributed by atoms with Crippen LogP contribution in [0.3, 0.4) is 0 Å². The Bertz CT molecular complexity index is 1260. The Labute approximate surface area is 214 Å². The van der Waals surface area contributed by atoms with Gasteiger partial charge in [-0.15, -0.1) is 0 Å². The zero-order chi connectivity index (χ0) is 24.0. The van der Waals surface area contributed by atoms with E-state index in [1.807, 2.05) is 18.2 Å². The molecule has 0 aliphatic heterocycles. The van der Waals surface area contributed by atoms with Crippen molar-refractivity contribution in [2.45, 2.75) is 6.61 Å². The average molecular weight is 567 g/mol. The summed E-state index contributed by atoms with van der Waals surface area (Å²) in [6.45, 7) is 0.299. The normalized spacial score (nSPS) is 11.0. The third kappa shape index (κ3) is 6.66. The molecule has 0 fully saturated rings. The predicted molar refractivity (Wildman–Crippen MR) is 135 cm³/mol. The van der Waals surface area contributed by atoms with Crippen LogP contribution in [0.15, 0.2) is 64.6 Å². The van der Waals surface area contributed by atoms with Gasteiger partial charge in [0.15, 0.2) is 11.5 Å². The molecule has 0 bridgehead atoms. The van der Waals surface area contributed by atoms with E-state index < -0.39 is 5.91 Å². The van der Waals surface area contributed by atoms with Crippen LogP contribution in [0.4, 0.5) is 5.69 Å². The summed E-state index contributed by atoms with van der Waals surface area (Å²) in [4.78, 5) is 12.6. The summed E-state index contributed by atoms with van der Waals surface area (Å²) >= 11 is 21.4. The molecule has 0 spiro atoms. The van der Waals surface area contributed by atoms with Crippen LogP contribution < -0.4 is 14.8 Å². The maximum absolute atomic E-state index is 12.6. The molecule has 0 aromatic heterocycles. The van der Waals surface area contributed by atoms with Crippen LogP contribution in [0.25, 0.3) is 6.08 Å². The third-order valence-electron chi connectivity index (χ3n) is 4.40. The lowest BCUT2D eigenvalue weighted by atomic mass is 10.1. The summed E-state index contributed by atoms with van der Waals surface area (Å²) in [6.07, 6.45) is 1.43. The lowest BCUT2D eigenvalue weighted by Crippen LogP contribution is -2.13. The van der Waals surface area contributed by atoms with E-state index in [1.54, 1.807) is 36.4 Å². The molecule has 0 aliphatic carbocycles. The van der Waals surface area contributed by atoms with Gasteiger partial charge in [-0.05, 0) is 75.6 Å². The molecule has 0 saturated heterocycles. The summed E-state index contributed by atoms with van der Waals surface area (Å²) in [5.41, 5.74) is 1.66. The number of carbonyl (C=O) groups excluding carboxylic acids is 1. The maximum atomic E-state index is 12.6. The van der Waals surface area contributed by atoms with Gasteiger partial charge in [0.05, 0.1) is 22.3 Å². The largest absolute Gasteiger partial charge is 0.493 e. The van der Waals surface area contributed by atoms with Gasteiger partial charge in [0, 0.05) is 10.0 Å². The highest BCUT2D eigenvalue weighted by Crippen LogP contribution is 2.38. The first-order valence-electron chi connectivity index (χ1n) is 9.43. The number of anilines is 1. The minimum atomic E-state index is -0.625. The molecular formula is C24H16BrCl3N2O3. The third-order valence-corrected chi connectivity index (χ3v) is 5.81. The molecular weight excluding hydrogens is 551 g/mol. The fourth-order valence-corrected chi connectivity index (χ4v) is 3.83. The van der Waals surface area contributed by atoms with Crippen LogP contribution in [-0.2, 0) is 11.4 Å². The minimum Gasteiger partial charge on any atom is -0.493 e. The number of hydrogen-bond acceptors (Lipinski definition) is 4. The Balaban J connectivity index is 1.83. The molecule has 3 aromatic carbocycles. The quantitative estimate of drug-likeness (QED) is 0.237. The number of benzene rings is 3. The lowest BCUT2D eigenvalue weighted by molar-refractivity contribution is -0.112. The molecule has 0 atom stereocenters. The number of hydrogen-bond donors (Lipinski definition) is 1. The SMILES string of the molecule is COc1cc(/C=C(\C#N)C(=O)Nc2cc(Cl)ccc2Cl)cc(Br)c1OCc1ccc(Cl)cc1. The zero-order valence-corrected chi connectivity index (χ0v) is 21.0. The monoisotopic (exact) mass is 564 g/mol. The molecule has 5 nitrogen and oxygen atoms in total. The number of methoxy groups -OCH3 is 1. The van der Waals surface area contributed by atoms with Crippen molar-refractivity contribution in [1.82, 2.24) is 0 Å². The van der Waals surface area contributed by atoms with E-state index in [2.05, 4.69) is 21.2 Å². The molecule has 168 valence electrons. The van der Waals surface area contributed by atoms with Gasteiger partial charge in [-0.2, -0.15) is 5.26 Å². The van der Waals surface area contributed by atoms with E-state index >= 15 is 0 Å². The molecule has 0 unspecified atom stereocenters. The number of rotatable bonds is 7. The van der Waals surface area contributed by atoms with Crippen molar-refractivity contribution in [2.75, 3.05) is 12.4 Å². The molecule has 0 saturated carbocycles. The Hall–Kier alpha value is -2.69. The highest BCUT2D eigenvalue weighted by molar-refractivity contribution is 9.10. The first-order valence-corrected chi connectivity index (χ1v) is 11.4. The second-order valence-electron chi connectivity index (χ2n) is 6.70. The van der Waals surface area contributed by atoms with Crippen LogP contribution in [-0.4, -0.2) is 13.0 Å². The van der Waals surface area contributed by atoms with E-state index in [1.165, 1.54) is 19.3 Å². The minimum absolute atomic E-state index is 0.130. The number of ether oxygens (including phenoxy) is 2. The molecule has 1 N–H and O–H groups in total. The van der Waals surface area contributed by atoms with Crippen LogP contribution >= 0.6 is 50.7 Å². The van der Waals surface area contributed by atoms with E-state index in [9.17, 15) is 10.1 Å². The Kier molecular flexibility index (Phi) is 8.65. The van der Waals surface area contributed by atoms with Crippen molar-refractivity contribution >= 4 is 68.4 Å². The Morgan fingerprint density at radius 3 is 2.45 bits per heavy atom. The highest BCUT2D eigenvalue weighted by atomic mass is 79.9. The highest BCUT2D eigenvalue weighted by Gasteiger charge is 2.15. The van der Waals surface area contributed by atoms with Crippen molar-refractivity contribution in [3.8, 4) is 17.6 Å². The van der Waals surface area contributed by atoms with Crippen molar-refractivity contribution in [1.29, 1.82) is 5.26 Å². The van der Waals surface area contributed by atoms with E-state index in [0.717, 1.165) is 5.56 Å². The molecule has 0 radical (unpaired) electrons. The van der Waals surface area contributed by atoms with Gasteiger partial charge in [0.1, 0.15) is 18.2 Å². The van der Waals surface area contributed by atoms with Gasteiger partial charge >= 0.3 is 0 Å². The topological polar surface area (TPSA) is 71.3 Å². The van der Waals surface area contributed by atoms with Crippen LogP contribution in [0, 0.1) is 11.3 Å². The van der Waals surface area contributed by atoms with E-state index in [4.69, 9.17) is 44.3 Å². The van der Waals surface area contributed by atoms with Gasteiger partial charge in [0.25, 0.3) is 5.91 Å². The summed E-state index contributed by atoms with van der Waals surface area (Å²) in [6, 6.07) is 17.2. The summed E-state index contributed by atoms with van der Waals surface area (Å²) in [5.74, 6) is 0.290. The van der Waals surface area contributed by atoms with Gasteiger partial charge in [-0.3, -0.25) is 4.79 Å². The molecule has 1 amide bonds. The Morgan fingerprint density at radius 1 is 1.09 bits per heavy atom. The number of amides is 1. The number of nitrogens with zero attached hydrogens (tertiary/aromatic N) is 1. The fraction of sp³-hybridized carbons (Fsp3) is 0.0833. The average Bonchev–Trinajstić information content (AvgIpc) is 2.79. The van der Waals surface area contributed by atoms with Gasteiger partial charge in [-0.25, -0.2) is 0 Å². The number of nitrogens with one attached hydrogen (secondary N) is 1. The van der Waals surface area contributed by atoms with Crippen LogP contribution in [0.5, 0.6) is 11.5 Å². The molecule has 3 rings (SSSR count). The lowest BCUT2D eigenvalue weighted by Gasteiger charge is -2.14. The number of carbonyl (C=O) groups is 1. The standard InChI is InChI=1S/C24H16BrCl3N2O3/c1-32-22-10-15(9-19(25)23(22)33-13-14-2-4-17(26)5-3-14)8-16(12-29)24(31)30-21-11-18(27)6-7-20(21)28/h2-11H,13H2,1H3,(H,30,31)/b16-8+. The van der Waals surface area contributed by atoms with Gasteiger partial charge in [0.2, 0.25) is 0 Å². The molecule has 33 heavy (non-hydrogen) atoms. The van der Waals surface area contributed by atoms with E-state index in [-0.39, 0.29) is 5.57 Å². The molecule has 0 aliphatic rings. The van der Waals surface area contributed by atoms with Gasteiger partial charge < -0.3 is 14.8 Å². The number of halogens is 4. The second-order valence-corrected chi connectivity index (χ2v) is 8.83. The zero-order valence-electron chi connectivity index (χ0n) is 17.2. The second kappa shape index (κ2) is 11.4. The predicted octanol–water partition coefficient (Wildman–Crippen LogP) is 7.54. The molecule has 0 heterocycles. The van der Waals surface area contributed by atoms with Crippen molar-refractivity contribution in [3.05, 3.63) is 90.8 Å². The maximum Gasteiger partial charge on any atom is 0.266 e. The Morgan fingerprint density at radius 2 is 1.79 bits per heavy atom. The van der Waals surface area contributed by atoms with Crippen molar-refractivity contribution in [3.63, 3.8) is 0 Å². The smallest absolute Gasteiger partial charge is 0.266 e. The van der Waals surface area contributed by atoms with Crippen LogP contribution in [0.2, 0.25) is 15.1 Å². The summed E-state index contributed by atoms with van der Waals surface area (Å²) in [7, 11) is 1.50. The van der Waals surface area contributed by atoms with Crippen LogP contribution in [0.1, 0.15) is 11.1 Å². The van der Waals surface area contributed by atoms with E-state index in [0.29, 0.717) is 48.9 Å². The first kappa shape index (κ1) is 24.9.